The zero-order chi connectivity index (χ0) is 14.3. The van der Waals surface area contributed by atoms with Gasteiger partial charge in [0.05, 0.1) is 25.0 Å². The van der Waals surface area contributed by atoms with Crippen molar-refractivity contribution in [2.24, 2.45) is 0 Å². The first-order chi connectivity index (χ1) is 9.60. The number of amides is 1. The van der Waals surface area contributed by atoms with Crippen LogP contribution < -0.4 is 4.90 Å². The second kappa shape index (κ2) is 4.85. The highest BCUT2D eigenvalue weighted by molar-refractivity contribution is 9.10. The standard InChI is InChI=1S/C14H13BrN2O3/c1-9-7-10(15)8-11-12(9)17(4-3-16)13(18)14(11)19-5-2-6-20-14/h7-8H,2,4-6H2,1H3. The number of fused-ring (bicyclic) bond motifs is 2. The van der Waals surface area contributed by atoms with Gasteiger partial charge in [0.15, 0.2) is 0 Å². The van der Waals surface area contributed by atoms with Crippen molar-refractivity contribution in [2.45, 2.75) is 19.1 Å². The third kappa shape index (κ3) is 1.78. The number of nitrogens with zero attached hydrogens (tertiary/aromatic N) is 2. The van der Waals surface area contributed by atoms with Crippen molar-refractivity contribution in [1.29, 1.82) is 5.26 Å². The van der Waals surface area contributed by atoms with Gasteiger partial charge in [0.1, 0.15) is 6.54 Å². The summed E-state index contributed by atoms with van der Waals surface area (Å²) in [6, 6.07) is 5.78. The molecule has 1 aromatic rings. The molecule has 1 amide bonds. The van der Waals surface area contributed by atoms with Crippen molar-refractivity contribution in [3.63, 3.8) is 0 Å². The van der Waals surface area contributed by atoms with Gasteiger partial charge in [-0.25, -0.2) is 0 Å². The molecule has 2 aliphatic heterocycles. The van der Waals surface area contributed by atoms with Crippen LogP contribution in [0.25, 0.3) is 0 Å². The highest BCUT2D eigenvalue weighted by Gasteiger charge is 2.55. The molecule has 1 saturated heterocycles. The van der Waals surface area contributed by atoms with E-state index >= 15 is 0 Å². The molecule has 0 saturated carbocycles. The number of anilines is 1. The fourth-order valence-electron chi connectivity index (χ4n) is 2.77. The summed E-state index contributed by atoms with van der Waals surface area (Å²) < 4.78 is 12.3. The zero-order valence-corrected chi connectivity index (χ0v) is 12.6. The quantitative estimate of drug-likeness (QED) is 0.737. The van der Waals surface area contributed by atoms with E-state index in [0.717, 1.165) is 22.1 Å². The molecule has 1 aromatic carbocycles. The predicted molar refractivity (Wildman–Crippen MR) is 75.0 cm³/mol. The van der Waals surface area contributed by atoms with Gasteiger partial charge in [-0.05, 0) is 31.0 Å². The molecule has 1 fully saturated rings. The van der Waals surface area contributed by atoms with Crippen molar-refractivity contribution in [1.82, 2.24) is 0 Å². The molecule has 0 N–H and O–H groups in total. The zero-order valence-electron chi connectivity index (χ0n) is 11.0. The molecule has 1 spiro atoms. The molecule has 0 atom stereocenters. The predicted octanol–water partition coefficient (Wildman–Crippen LogP) is 2.22. The molecule has 0 aromatic heterocycles. The van der Waals surface area contributed by atoms with Crippen LogP contribution >= 0.6 is 15.9 Å². The van der Waals surface area contributed by atoms with Crippen LogP contribution in [0.2, 0.25) is 0 Å². The van der Waals surface area contributed by atoms with Crippen molar-refractivity contribution < 1.29 is 14.3 Å². The molecular formula is C14H13BrN2O3. The largest absolute Gasteiger partial charge is 0.338 e. The highest BCUT2D eigenvalue weighted by Crippen LogP contribution is 2.47. The van der Waals surface area contributed by atoms with E-state index in [1.54, 1.807) is 0 Å². The molecular weight excluding hydrogens is 324 g/mol. The maximum Gasteiger partial charge on any atom is 0.293 e. The van der Waals surface area contributed by atoms with Gasteiger partial charge >= 0.3 is 0 Å². The molecule has 6 heteroatoms. The van der Waals surface area contributed by atoms with Crippen molar-refractivity contribution in [3.8, 4) is 6.07 Å². The van der Waals surface area contributed by atoms with Gasteiger partial charge in [-0.2, -0.15) is 5.26 Å². The minimum absolute atomic E-state index is 0.0111. The molecule has 104 valence electrons. The fourth-order valence-corrected chi connectivity index (χ4v) is 3.34. The number of rotatable bonds is 1. The fraction of sp³-hybridized carbons (Fsp3) is 0.429. The summed E-state index contributed by atoms with van der Waals surface area (Å²) in [6.07, 6.45) is 0.760. The molecule has 0 aliphatic carbocycles. The summed E-state index contributed by atoms with van der Waals surface area (Å²) in [5.41, 5.74) is 2.32. The molecule has 2 heterocycles. The highest BCUT2D eigenvalue weighted by atomic mass is 79.9. The van der Waals surface area contributed by atoms with Crippen molar-refractivity contribution in [2.75, 3.05) is 24.7 Å². The Balaban J connectivity index is 2.21. The minimum Gasteiger partial charge on any atom is -0.338 e. The SMILES string of the molecule is Cc1cc(Br)cc2c1N(CC#N)C(=O)C21OCCCO1. The van der Waals surface area contributed by atoms with E-state index in [1.165, 1.54) is 4.90 Å². The van der Waals surface area contributed by atoms with Crippen LogP contribution in [0.5, 0.6) is 0 Å². The lowest BCUT2D eigenvalue weighted by molar-refractivity contribution is -0.256. The van der Waals surface area contributed by atoms with Crippen LogP contribution in [0.1, 0.15) is 17.5 Å². The monoisotopic (exact) mass is 336 g/mol. The molecule has 0 unspecified atom stereocenters. The van der Waals surface area contributed by atoms with Gasteiger partial charge in [-0.3, -0.25) is 9.69 Å². The summed E-state index contributed by atoms with van der Waals surface area (Å²) in [7, 11) is 0. The number of carbonyl (C=O) groups is 1. The Bertz CT molecular complexity index is 618. The molecule has 0 bridgehead atoms. The number of hydrogen-bond donors (Lipinski definition) is 0. The Morgan fingerprint density at radius 1 is 1.45 bits per heavy atom. The normalized spacial score (nSPS) is 20.1. The first kappa shape index (κ1) is 13.6. The van der Waals surface area contributed by atoms with Gasteiger partial charge < -0.3 is 9.47 Å². The lowest BCUT2D eigenvalue weighted by Gasteiger charge is -2.32. The Morgan fingerprint density at radius 3 is 2.80 bits per heavy atom. The van der Waals surface area contributed by atoms with Gasteiger partial charge in [0.25, 0.3) is 11.7 Å². The van der Waals surface area contributed by atoms with Crippen molar-refractivity contribution in [3.05, 3.63) is 27.7 Å². The van der Waals surface area contributed by atoms with Crippen LogP contribution in [0, 0.1) is 18.3 Å². The summed E-state index contributed by atoms with van der Waals surface area (Å²) in [5.74, 6) is -1.69. The van der Waals surface area contributed by atoms with Crippen LogP contribution in [0.3, 0.4) is 0 Å². The Morgan fingerprint density at radius 2 is 2.15 bits per heavy atom. The Labute approximate surface area is 125 Å². The van der Waals surface area contributed by atoms with Gasteiger partial charge in [0.2, 0.25) is 0 Å². The van der Waals surface area contributed by atoms with E-state index < -0.39 is 5.79 Å². The van der Waals surface area contributed by atoms with Gasteiger partial charge in [-0.15, -0.1) is 0 Å². The molecule has 2 aliphatic rings. The smallest absolute Gasteiger partial charge is 0.293 e. The van der Waals surface area contributed by atoms with E-state index in [0.29, 0.717) is 18.8 Å². The van der Waals surface area contributed by atoms with Crippen LogP contribution in [0.15, 0.2) is 16.6 Å². The second-order valence-electron chi connectivity index (χ2n) is 4.84. The number of hydrogen-bond acceptors (Lipinski definition) is 4. The minimum atomic E-state index is -1.38. The van der Waals surface area contributed by atoms with E-state index in [4.69, 9.17) is 14.7 Å². The summed E-state index contributed by atoms with van der Waals surface area (Å²) in [6.45, 7) is 2.83. The third-order valence-corrected chi connectivity index (χ3v) is 4.00. The first-order valence-corrected chi connectivity index (χ1v) is 7.17. The van der Waals surface area contributed by atoms with Crippen molar-refractivity contribution >= 4 is 27.5 Å². The molecule has 3 rings (SSSR count). The summed E-state index contributed by atoms with van der Waals surface area (Å²) >= 11 is 3.44. The van der Waals surface area contributed by atoms with E-state index in [1.807, 2.05) is 25.1 Å². The van der Waals surface area contributed by atoms with E-state index in [2.05, 4.69) is 15.9 Å². The number of benzene rings is 1. The topological polar surface area (TPSA) is 62.6 Å². The van der Waals surface area contributed by atoms with Crippen LogP contribution in [-0.4, -0.2) is 25.7 Å². The maximum atomic E-state index is 12.7. The molecule has 5 nitrogen and oxygen atoms in total. The lowest BCUT2D eigenvalue weighted by atomic mass is 10.0. The number of aryl methyl sites for hydroxylation is 1. The van der Waals surface area contributed by atoms with Crippen LogP contribution in [-0.2, 0) is 20.1 Å². The lowest BCUT2D eigenvalue weighted by Crippen LogP contribution is -2.47. The maximum absolute atomic E-state index is 12.7. The number of halogens is 1. The first-order valence-electron chi connectivity index (χ1n) is 6.37. The average molecular weight is 337 g/mol. The summed E-state index contributed by atoms with van der Waals surface area (Å²) in [5, 5.41) is 8.97. The Hall–Kier alpha value is -1.42. The third-order valence-electron chi connectivity index (χ3n) is 3.54. The van der Waals surface area contributed by atoms with Gasteiger partial charge in [-0.1, -0.05) is 15.9 Å². The summed E-state index contributed by atoms with van der Waals surface area (Å²) in [4.78, 5) is 14.1. The Kier molecular flexibility index (Phi) is 3.28. The number of ether oxygens (including phenoxy) is 2. The van der Waals surface area contributed by atoms with Gasteiger partial charge in [0, 0.05) is 10.0 Å². The number of carbonyl (C=O) groups excluding carboxylic acids is 1. The molecule has 20 heavy (non-hydrogen) atoms. The second-order valence-corrected chi connectivity index (χ2v) is 5.75. The molecule has 0 radical (unpaired) electrons. The van der Waals surface area contributed by atoms with E-state index in [-0.39, 0.29) is 12.5 Å². The van der Waals surface area contributed by atoms with E-state index in [9.17, 15) is 4.79 Å². The van der Waals surface area contributed by atoms with Crippen LogP contribution in [0.4, 0.5) is 5.69 Å². The average Bonchev–Trinajstić information content (AvgIpc) is 2.64. The number of nitriles is 1.